The lowest BCUT2D eigenvalue weighted by Crippen LogP contribution is -2.39. The zero-order valence-electron chi connectivity index (χ0n) is 24.8. The van der Waals surface area contributed by atoms with E-state index in [0.29, 0.717) is 56.2 Å². The van der Waals surface area contributed by atoms with Crippen LogP contribution in [0.15, 0.2) is 88.4 Å². The molecule has 0 amide bonds. The second kappa shape index (κ2) is 13.0. The van der Waals surface area contributed by atoms with E-state index < -0.39 is 12.0 Å². The highest BCUT2D eigenvalue weighted by molar-refractivity contribution is 7.07. The summed E-state index contributed by atoms with van der Waals surface area (Å²) in [6.45, 7) is 5.18. The molecule has 0 spiro atoms. The van der Waals surface area contributed by atoms with Gasteiger partial charge in [-0.15, -0.1) is 0 Å². The van der Waals surface area contributed by atoms with Crippen LogP contribution in [0.2, 0.25) is 10.0 Å². The summed E-state index contributed by atoms with van der Waals surface area (Å²) in [5, 5.41) is 2.14. The van der Waals surface area contributed by atoms with Crippen molar-refractivity contribution in [1.82, 2.24) is 9.13 Å². The van der Waals surface area contributed by atoms with Gasteiger partial charge in [-0.1, -0.05) is 64.9 Å². The highest BCUT2D eigenvalue weighted by Crippen LogP contribution is 2.35. The Bertz CT molecular complexity index is 2150. The average Bonchev–Trinajstić information content (AvgIpc) is 3.55. The number of thiazole rings is 1. The Labute approximate surface area is 273 Å². The third-order valence-corrected chi connectivity index (χ3v) is 9.05. The summed E-state index contributed by atoms with van der Waals surface area (Å²) < 4.78 is 20.8. The van der Waals surface area contributed by atoms with E-state index in [0.717, 1.165) is 22.0 Å². The van der Waals surface area contributed by atoms with E-state index in [1.165, 1.54) is 24.6 Å². The number of halogens is 2. The number of methoxy groups -OCH3 is 1. The number of hydrogen-bond donors (Lipinski definition) is 0. The quantitative estimate of drug-likeness (QED) is 0.178. The number of carbonyl (C=O) groups is 1. The second-order valence-electron chi connectivity index (χ2n) is 10.2. The van der Waals surface area contributed by atoms with Crippen molar-refractivity contribution >= 4 is 57.5 Å². The van der Waals surface area contributed by atoms with Gasteiger partial charge in [-0.3, -0.25) is 9.36 Å². The van der Waals surface area contributed by atoms with Crippen molar-refractivity contribution in [3.8, 4) is 11.5 Å². The molecule has 1 aliphatic heterocycles. The van der Waals surface area contributed by atoms with Crippen molar-refractivity contribution in [2.24, 2.45) is 4.99 Å². The summed E-state index contributed by atoms with van der Waals surface area (Å²) >= 11 is 13.9. The molecule has 0 radical (unpaired) electrons. The van der Waals surface area contributed by atoms with Gasteiger partial charge in [0.25, 0.3) is 5.56 Å². The predicted molar refractivity (Wildman–Crippen MR) is 177 cm³/mol. The molecule has 2 aromatic heterocycles. The fraction of sp³-hybridized carbons (Fsp3) is 0.206. The van der Waals surface area contributed by atoms with Gasteiger partial charge in [-0.05, 0) is 61.4 Å². The molecule has 0 unspecified atom stereocenters. The van der Waals surface area contributed by atoms with Crippen LogP contribution in [0.3, 0.4) is 0 Å². The molecule has 0 fully saturated rings. The second-order valence-corrected chi connectivity index (χ2v) is 12.1. The van der Waals surface area contributed by atoms with E-state index in [1.807, 2.05) is 68.6 Å². The Morgan fingerprint density at radius 3 is 2.56 bits per heavy atom. The van der Waals surface area contributed by atoms with E-state index in [9.17, 15) is 9.59 Å². The molecule has 6 rings (SSSR count). The summed E-state index contributed by atoms with van der Waals surface area (Å²) in [7, 11) is 1.31. The van der Waals surface area contributed by atoms with Crippen molar-refractivity contribution in [3.63, 3.8) is 0 Å². The fourth-order valence-corrected chi connectivity index (χ4v) is 6.91. The molecule has 0 bridgehead atoms. The number of fused-ring (bicyclic) bond motifs is 2. The fourth-order valence-electron chi connectivity index (χ4n) is 5.48. The van der Waals surface area contributed by atoms with Gasteiger partial charge in [0.2, 0.25) is 0 Å². The van der Waals surface area contributed by atoms with Crippen molar-refractivity contribution < 1.29 is 19.0 Å². The first kappa shape index (κ1) is 30.7. The molecule has 1 atom stereocenters. The van der Waals surface area contributed by atoms with Crippen molar-refractivity contribution in [1.29, 1.82) is 0 Å². The number of ether oxygens (including phenoxy) is 3. The highest BCUT2D eigenvalue weighted by Gasteiger charge is 2.31. The lowest BCUT2D eigenvalue weighted by molar-refractivity contribution is -0.136. The molecule has 8 nitrogen and oxygen atoms in total. The largest absolute Gasteiger partial charge is 0.490 e. The van der Waals surface area contributed by atoms with Crippen LogP contribution in [0.4, 0.5) is 0 Å². The Hall–Kier alpha value is -4.31. The first-order valence-electron chi connectivity index (χ1n) is 14.3. The first-order valence-corrected chi connectivity index (χ1v) is 15.9. The minimum atomic E-state index is -0.779. The van der Waals surface area contributed by atoms with Crippen LogP contribution in [-0.4, -0.2) is 35.4 Å². The van der Waals surface area contributed by atoms with E-state index in [-0.39, 0.29) is 11.1 Å². The van der Waals surface area contributed by atoms with E-state index in [2.05, 4.69) is 9.56 Å². The standard InChI is InChI=1S/C34H29Cl2N3O5S/c1-4-43-28-13-11-20(14-29(28)44-5-2)31-25(33(41)42-3)17-37-34-39(31)32(40)30(45-34)15-22-19-38(27-9-7-6-8-24(22)27)18-21-10-12-23(35)16-26(21)36/h6-17,19,31H,4-5,18H2,1-3H3/b30-15+/t31-/m0/s1. The number of hydrogen-bond acceptors (Lipinski definition) is 7. The molecule has 1 aliphatic rings. The van der Waals surface area contributed by atoms with Gasteiger partial charge in [0.05, 0.1) is 36.5 Å². The normalized spacial score (nSPS) is 14.6. The number of esters is 1. The third kappa shape index (κ3) is 5.91. The van der Waals surface area contributed by atoms with Gasteiger partial charge < -0.3 is 18.8 Å². The Kier molecular flexibility index (Phi) is 8.85. The van der Waals surface area contributed by atoms with Crippen LogP contribution in [0.1, 0.15) is 36.6 Å². The van der Waals surface area contributed by atoms with Crippen LogP contribution in [0.5, 0.6) is 11.5 Å². The highest BCUT2D eigenvalue weighted by atomic mass is 35.5. The average molecular weight is 663 g/mol. The van der Waals surface area contributed by atoms with Crippen LogP contribution in [-0.2, 0) is 16.1 Å². The van der Waals surface area contributed by atoms with Gasteiger partial charge in [-0.25, -0.2) is 9.79 Å². The predicted octanol–water partition coefficient (Wildman–Crippen LogP) is 6.13. The maximum absolute atomic E-state index is 14.2. The number of benzene rings is 3. The molecular formula is C34H29Cl2N3O5S. The van der Waals surface area contributed by atoms with Gasteiger partial charge >= 0.3 is 5.97 Å². The molecule has 0 saturated heterocycles. The maximum atomic E-state index is 14.2. The Morgan fingerprint density at radius 1 is 1.02 bits per heavy atom. The summed E-state index contributed by atoms with van der Waals surface area (Å²) in [5.74, 6) is 0.526. The Balaban J connectivity index is 1.49. The van der Waals surface area contributed by atoms with Crippen LogP contribution in [0, 0.1) is 0 Å². The van der Waals surface area contributed by atoms with E-state index in [1.54, 1.807) is 22.8 Å². The molecule has 0 aliphatic carbocycles. The van der Waals surface area contributed by atoms with E-state index >= 15 is 0 Å². The zero-order valence-corrected chi connectivity index (χ0v) is 27.1. The molecular weight excluding hydrogens is 633 g/mol. The molecule has 3 heterocycles. The third-order valence-electron chi connectivity index (χ3n) is 7.47. The monoisotopic (exact) mass is 661 g/mol. The molecule has 230 valence electrons. The van der Waals surface area contributed by atoms with Gasteiger partial charge in [0, 0.05) is 45.5 Å². The molecule has 45 heavy (non-hydrogen) atoms. The summed E-state index contributed by atoms with van der Waals surface area (Å²) in [6.07, 6.45) is 5.35. The molecule has 11 heteroatoms. The van der Waals surface area contributed by atoms with Gasteiger partial charge in [0.15, 0.2) is 16.3 Å². The Morgan fingerprint density at radius 2 is 1.80 bits per heavy atom. The smallest absolute Gasteiger partial charge is 0.337 e. The maximum Gasteiger partial charge on any atom is 0.337 e. The van der Waals surface area contributed by atoms with Crippen molar-refractivity contribution in [2.45, 2.75) is 26.4 Å². The molecule has 5 aromatic rings. The summed E-state index contributed by atoms with van der Waals surface area (Å²) in [5.41, 5.74) is 3.40. The van der Waals surface area contributed by atoms with Gasteiger partial charge in [-0.2, -0.15) is 0 Å². The van der Waals surface area contributed by atoms with Crippen molar-refractivity contribution in [3.05, 3.63) is 125 Å². The minimum Gasteiger partial charge on any atom is -0.490 e. The van der Waals surface area contributed by atoms with Crippen LogP contribution in [0.25, 0.3) is 17.0 Å². The number of nitrogens with zero attached hydrogens (tertiary/aromatic N) is 3. The molecule has 0 N–H and O–H groups in total. The van der Waals surface area contributed by atoms with E-state index in [4.69, 9.17) is 37.4 Å². The minimum absolute atomic E-state index is 0.236. The van der Waals surface area contributed by atoms with Crippen molar-refractivity contribution in [2.75, 3.05) is 20.3 Å². The molecule has 3 aromatic carbocycles. The lowest BCUT2D eigenvalue weighted by Gasteiger charge is -2.23. The summed E-state index contributed by atoms with van der Waals surface area (Å²) in [6, 6.07) is 18.1. The number of para-hydroxylation sites is 1. The number of rotatable bonds is 9. The first-order chi connectivity index (χ1) is 21.8. The van der Waals surface area contributed by atoms with Gasteiger partial charge in [0.1, 0.15) is 0 Å². The SMILES string of the molecule is CCOc1ccc([C@H]2C(C(=O)OC)=CN=c3s/c(=C/c4cn(Cc5ccc(Cl)cc5Cl)c5ccccc45)c(=O)n32)cc1OCC. The molecule has 0 saturated carbocycles. The lowest BCUT2D eigenvalue weighted by atomic mass is 9.97. The zero-order chi connectivity index (χ0) is 31.7. The number of aromatic nitrogens is 2. The summed E-state index contributed by atoms with van der Waals surface area (Å²) in [4.78, 5) is 32.1. The van der Waals surface area contributed by atoms with Crippen LogP contribution < -0.4 is 24.4 Å². The topological polar surface area (TPSA) is 84.0 Å². The number of carbonyl (C=O) groups excluding carboxylic acids is 1. The van der Waals surface area contributed by atoms with Crippen LogP contribution >= 0.6 is 34.5 Å².